The SMILES string of the molecule is CCCC1(COC)CCCN1CC1CCCNC1.Cl. The third-order valence-electron chi connectivity index (χ3n) is 4.75. The summed E-state index contributed by atoms with van der Waals surface area (Å²) in [5.74, 6) is 0.852. The van der Waals surface area contributed by atoms with Crippen LogP contribution in [0.4, 0.5) is 0 Å². The van der Waals surface area contributed by atoms with Gasteiger partial charge in [-0.15, -0.1) is 12.4 Å². The summed E-state index contributed by atoms with van der Waals surface area (Å²) in [6, 6.07) is 0. The second kappa shape index (κ2) is 8.46. The molecule has 2 rings (SSSR count). The van der Waals surface area contributed by atoms with Crippen LogP contribution >= 0.6 is 12.4 Å². The minimum Gasteiger partial charge on any atom is -0.383 e. The van der Waals surface area contributed by atoms with E-state index in [0.29, 0.717) is 5.54 Å². The van der Waals surface area contributed by atoms with Crippen LogP contribution in [0, 0.1) is 5.92 Å². The van der Waals surface area contributed by atoms with Gasteiger partial charge in [0.15, 0.2) is 0 Å². The Labute approximate surface area is 124 Å². The third-order valence-corrected chi connectivity index (χ3v) is 4.75. The molecular weight excluding hydrogens is 260 g/mol. The van der Waals surface area contributed by atoms with Gasteiger partial charge < -0.3 is 10.1 Å². The fourth-order valence-electron chi connectivity index (χ4n) is 3.92. The quantitative estimate of drug-likeness (QED) is 0.814. The molecule has 2 heterocycles. The summed E-state index contributed by atoms with van der Waals surface area (Å²) in [6.45, 7) is 8.20. The van der Waals surface area contributed by atoms with Crippen molar-refractivity contribution in [3.63, 3.8) is 0 Å². The molecule has 3 nitrogen and oxygen atoms in total. The van der Waals surface area contributed by atoms with Crippen molar-refractivity contribution in [3.8, 4) is 0 Å². The van der Waals surface area contributed by atoms with Gasteiger partial charge in [-0.25, -0.2) is 0 Å². The molecule has 2 aliphatic heterocycles. The molecule has 0 saturated carbocycles. The third kappa shape index (κ3) is 4.32. The minimum absolute atomic E-state index is 0. The van der Waals surface area contributed by atoms with Crippen LogP contribution in [0.15, 0.2) is 0 Å². The van der Waals surface area contributed by atoms with E-state index in [4.69, 9.17) is 4.74 Å². The summed E-state index contributed by atoms with van der Waals surface area (Å²) < 4.78 is 5.54. The summed E-state index contributed by atoms with van der Waals surface area (Å²) in [7, 11) is 1.86. The number of piperidine rings is 1. The number of rotatable bonds is 6. The van der Waals surface area contributed by atoms with E-state index in [1.807, 2.05) is 7.11 Å². The van der Waals surface area contributed by atoms with Crippen LogP contribution in [-0.2, 0) is 4.74 Å². The predicted octanol–water partition coefficient (Wildman–Crippen LogP) is 2.69. The van der Waals surface area contributed by atoms with Gasteiger partial charge in [0, 0.05) is 19.2 Å². The maximum absolute atomic E-state index is 5.54. The van der Waals surface area contributed by atoms with Gasteiger partial charge in [0.25, 0.3) is 0 Å². The highest BCUT2D eigenvalue weighted by Crippen LogP contribution is 2.35. The standard InChI is InChI=1S/C15H30N2O.ClH/c1-3-7-15(13-18-2)8-5-10-17(15)12-14-6-4-9-16-11-14;/h14,16H,3-13H2,1-2H3;1H. The molecule has 1 N–H and O–H groups in total. The molecule has 0 aromatic rings. The predicted molar refractivity (Wildman–Crippen MR) is 83.2 cm³/mol. The highest BCUT2D eigenvalue weighted by Gasteiger charge is 2.40. The molecule has 0 aromatic heterocycles. The van der Waals surface area contributed by atoms with E-state index in [1.54, 1.807) is 0 Å². The van der Waals surface area contributed by atoms with Crippen molar-refractivity contribution >= 4 is 12.4 Å². The molecule has 0 aromatic carbocycles. The van der Waals surface area contributed by atoms with Gasteiger partial charge >= 0.3 is 0 Å². The fourth-order valence-corrected chi connectivity index (χ4v) is 3.92. The van der Waals surface area contributed by atoms with Crippen LogP contribution in [0.2, 0.25) is 0 Å². The second-order valence-corrected chi connectivity index (χ2v) is 6.17. The van der Waals surface area contributed by atoms with Crippen LogP contribution in [0.1, 0.15) is 45.4 Å². The fraction of sp³-hybridized carbons (Fsp3) is 1.00. The van der Waals surface area contributed by atoms with Gasteiger partial charge in [0.2, 0.25) is 0 Å². The van der Waals surface area contributed by atoms with Crippen molar-refractivity contribution in [2.45, 2.75) is 51.0 Å². The molecule has 114 valence electrons. The van der Waals surface area contributed by atoms with Gasteiger partial charge in [-0.2, -0.15) is 0 Å². The van der Waals surface area contributed by atoms with Crippen molar-refractivity contribution in [1.29, 1.82) is 0 Å². The Balaban J connectivity index is 0.00000180. The number of ether oxygens (including phenoxy) is 1. The summed E-state index contributed by atoms with van der Waals surface area (Å²) in [5.41, 5.74) is 0.348. The molecule has 2 saturated heterocycles. The number of nitrogens with one attached hydrogen (secondary N) is 1. The van der Waals surface area contributed by atoms with Crippen molar-refractivity contribution in [2.75, 3.05) is 39.9 Å². The van der Waals surface area contributed by atoms with E-state index in [9.17, 15) is 0 Å². The molecule has 2 fully saturated rings. The first kappa shape index (κ1) is 17.2. The van der Waals surface area contributed by atoms with Crippen LogP contribution in [0.25, 0.3) is 0 Å². The molecule has 0 bridgehead atoms. The van der Waals surface area contributed by atoms with Crippen molar-refractivity contribution < 1.29 is 4.74 Å². The molecule has 0 radical (unpaired) electrons. The Bertz CT molecular complexity index is 238. The largest absolute Gasteiger partial charge is 0.383 e. The first-order chi connectivity index (χ1) is 8.80. The van der Waals surface area contributed by atoms with Crippen LogP contribution < -0.4 is 5.32 Å². The normalized spacial score (nSPS) is 32.2. The lowest BCUT2D eigenvalue weighted by molar-refractivity contribution is 0.0204. The molecule has 2 aliphatic rings. The molecule has 4 heteroatoms. The van der Waals surface area contributed by atoms with Gasteiger partial charge in [0.05, 0.1) is 6.61 Å². The highest BCUT2D eigenvalue weighted by molar-refractivity contribution is 5.85. The lowest BCUT2D eigenvalue weighted by Gasteiger charge is -2.40. The topological polar surface area (TPSA) is 24.5 Å². The van der Waals surface area contributed by atoms with Gasteiger partial charge in [-0.05, 0) is 57.7 Å². The Morgan fingerprint density at radius 2 is 2.21 bits per heavy atom. The van der Waals surface area contributed by atoms with Crippen molar-refractivity contribution in [2.24, 2.45) is 5.92 Å². The first-order valence-corrected chi connectivity index (χ1v) is 7.75. The molecule has 0 spiro atoms. The Kier molecular flexibility index (Phi) is 7.66. The van der Waals surface area contributed by atoms with Crippen molar-refractivity contribution in [1.82, 2.24) is 10.2 Å². The lowest BCUT2D eigenvalue weighted by Crippen LogP contribution is -2.50. The minimum atomic E-state index is 0. The zero-order chi connectivity index (χ0) is 12.8. The van der Waals surface area contributed by atoms with Crippen LogP contribution in [0.5, 0.6) is 0 Å². The lowest BCUT2D eigenvalue weighted by atomic mass is 9.89. The Morgan fingerprint density at radius 1 is 1.37 bits per heavy atom. The number of methoxy groups -OCH3 is 1. The number of nitrogens with zero attached hydrogens (tertiary/aromatic N) is 1. The number of hydrogen-bond donors (Lipinski definition) is 1. The molecule has 19 heavy (non-hydrogen) atoms. The monoisotopic (exact) mass is 290 g/mol. The summed E-state index contributed by atoms with van der Waals surface area (Å²) in [6.07, 6.45) is 7.99. The summed E-state index contributed by atoms with van der Waals surface area (Å²) in [5, 5.41) is 3.54. The maximum atomic E-state index is 5.54. The number of likely N-dealkylation sites (tertiary alicyclic amines) is 1. The van der Waals surface area contributed by atoms with E-state index < -0.39 is 0 Å². The van der Waals surface area contributed by atoms with E-state index in [1.165, 1.54) is 64.7 Å². The molecular formula is C15H31ClN2O. The zero-order valence-electron chi connectivity index (χ0n) is 12.6. The van der Waals surface area contributed by atoms with Crippen molar-refractivity contribution in [3.05, 3.63) is 0 Å². The second-order valence-electron chi connectivity index (χ2n) is 6.17. The first-order valence-electron chi connectivity index (χ1n) is 7.75. The smallest absolute Gasteiger partial charge is 0.0646 e. The highest BCUT2D eigenvalue weighted by atomic mass is 35.5. The number of hydrogen-bond acceptors (Lipinski definition) is 3. The maximum Gasteiger partial charge on any atom is 0.0646 e. The van der Waals surface area contributed by atoms with Gasteiger partial charge in [-0.1, -0.05) is 13.3 Å². The Morgan fingerprint density at radius 3 is 2.84 bits per heavy atom. The zero-order valence-corrected chi connectivity index (χ0v) is 13.4. The average molecular weight is 291 g/mol. The van der Waals surface area contributed by atoms with E-state index >= 15 is 0 Å². The van der Waals surface area contributed by atoms with E-state index in [2.05, 4.69) is 17.1 Å². The average Bonchev–Trinajstić information content (AvgIpc) is 2.75. The van der Waals surface area contributed by atoms with Gasteiger partial charge in [-0.3, -0.25) is 4.90 Å². The molecule has 2 atom stereocenters. The number of halogens is 1. The summed E-state index contributed by atoms with van der Waals surface area (Å²) in [4.78, 5) is 2.75. The Hall–Kier alpha value is 0.170. The van der Waals surface area contributed by atoms with Gasteiger partial charge in [0.1, 0.15) is 0 Å². The van der Waals surface area contributed by atoms with E-state index in [0.717, 1.165) is 12.5 Å². The molecule has 2 unspecified atom stereocenters. The summed E-state index contributed by atoms with van der Waals surface area (Å²) >= 11 is 0. The van der Waals surface area contributed by atoms with E-state index in [-0.39, 0.29) is 12.4 Å². The molecule has 0 aliphatic carbocycles. The van der Waals surface area contributed by atoms with Crippen LogP contribution in [0.3, 0.4) is 0 Å². The van der Waals surface area contributed by atoms with Crippen LogP contribution in [-0.4, -0.2) is 50.3 Å². The molecule has 0 amide bonds.